The Balaban J connectivity index is 1.26. The molecule has 2 aromatic heterocycles. The van der Waals surface area contributed by atoms with Crippen LogP contribution in [0, 0.1) is 0 Å². The number of hydrogen-bond donors (Lipinski definition) is 0. The molecule has 0 spiro atoms. The molecule has 76 heavy (non-hydrogen) atoms. The van der Waals surface area contributed by atoms with Gasteiger partial charge in [-0.1, -0.05) is 110 Å². The molecule has 0 radical (unpaired) electrons. The number of fused-ring (bicyclic) bond motifs is 8. The Kier molecular flexibility index (Phi) is 11.4. The Bertz CT molecular complexity index is 3750. The monoisotopic (exact) mass is 1080 g/mol. The standard InChI is InChI=1S/C60H44F12N2Si2/c1-75(2,3)41-17-7-33(8-18-41)55-43-21-15-40(74-53-25-13-37(59(67,68)69)29-47(53)48-30-38(60(70,71)72)14-26-54(48)74)32-50(43)56(34-9-19-42(20-10-34)76(4,5)6)44-22-16-39(31-49(44)55)73-51-23-11-35(57(61,62)63)27-45(51)46-28-36(58(64,65)66)12-24-52(46)73/h7-32H,1-6H3. The van der Waals surface area contributed by atoms with Gasteiger partial charge in [-0.15, -0.1) is 0 Å². The molecule has 2 heterocycles. The van der Waals surface area contributed by atoms with Gasteiger partial charge >= 0.3 is 24.7 Å². The summed E-state index contributed by atoms with van der Waals surface area (Å²) in [5, 5.41) is 5.03. The first kappa shape index (κ1) is 50.8. The van der Waals surface area contributed by atoms with Gasteiger partial charge in [0.15, 0.2) is 0 Å². The van der Waals surface area contributed by atoms with E-state index >= 15 is 0 Å². The summed E-state index contributed by atoms with van der Waals surface area (Å²) >= 11 is 0. The number of rotatable bonds is 6. The SMILES string of the molecule is C[Si](C)(C)c1ccc(-c2c3ccc(-n4c5ccc(C(F)(F)F)cc5c5cc(C(F)(F)F)ccc54)cc3c(-c3ccc([Si](C)(C)C)cc3)c3ccc(-n4c5ccc(C(F)(F)F)cc5c5cc(C(F)(F)F)ccc54)cc23)cc1. The van der Waals surface area contributed by atoms with Crippen LogP contribution in [0.1, 0.15) is 22.3 Å². The topological polar surface area (TPSA) is 9.86 Å². The van der Waals surface area contributed by atoms with Gasteiger partial charge in [0.05, 0.1) is 60.5 Å². The highest BCUT2D eigenvalue weighted by Gasteiger charge is 2.36. The van der Waals surface area contributed by atoms with Gasteiger partial charge < -0.3 is 9.13 Å². The van der Waals surface area contributed by atoms with Gasteiger partial charge in [-0.3, -0.25) is 0 Å². The van der Waals surface area contributed by atoms with Crippen LogP contribution in [-0.2, 0) is 24.7 Å². The first-order valence-corrected chi connectivity index (χ1v) is 31.2. The zero-order chi connectivity index (χ0) is 54.4. The van der Waals surface area contributed by atoms with Crippen molar-refractivity contribution < 1.29 is 52.7 Å². The van der Waals surface area contributed by atoms with Gasteiger partial charge in [-0.25, -0.2) is 0 Å². The minimum atomic E-state index is -4.79. The zero-order valence-electron chi connectivity index (χ0n) is 41.4. The minimum absolute atomic E-state index is 0.0262. The van der Waals surface area contributed by atoms with E-state index in [1.54, 1.807) is 21.3 Å². The molecule has 0 amide bonds. The van der Waals surface area contributed by atoms with E-state index in [9.17, 15) is 52.7 Å². The van der Waals surface area contributed by atoms with Crippen LogP contribution in [0.15, 0.2) is 158 Å². The van der Waals surface area contributed by atoms with Crippen molar-refractivity contribution in [1.29, 1.82) is 0 Å². The van der Waals surface area contributed by atoms with Gasteiger partial charge in [0.25, 0.3) is 0 Å². The van der Waals surface area contributed by atoms with Crippen LogP contribution in [0.3, 0.4) is 0 Å². The number of benzene rings is 9. The van der Waals surface area contributed by atoms with Crippen molar-refractivity contribution in [3.63, 3.8) is 0 Å². The number of halogens is 12. The predicted octanol–water partition coefficient (Wildman–Crippen LogP) is 18.7. The number of nitrogens with zero attached hydrogens (tertiary/aromatic N) is 2. The number of alkyl halides is 12. The van der Waals surface area contributed by atoms with Gasteiger partial charge in [-0.05, 0) is 141 Å². The fourth-order valence-corrected chi connectivity index (χ4v) is 13.0. The molecular formula is C60H44F12N2Si2. The summed E-state index contributed by atoms with van der Waals surface area (Å²) in [5.74, 6) is 0. The van der Waals surface area contributed by atoms with E-state index in [1.807, 2.05) is 48.5 Å². The minimum Gasteiger partial charge on any atom is -0.309 e. The maximum atomic E-state index is 14.3. The van der Waals surface area contributed by atoms with E-state index in [0.29, 0.717) is 32.9 Å². The van der Waals surface area contributed by atoms with Crippen LogP contribution in [0.25, 0.3) is 98.8 Å². The second-order valence-corrected chi connectivity index (χ2v) is 31.6. The van der Waals surface area contributed by atoms with Crippen LogP contribution in [-0.4, -0.2) is 25.3 Å². The van der Waals surface area contributed by atoms with E-state index in [-0.39, 0.29) is 43.6 Å². The zero-order valence-corrected chi connectivity index (χ0v) is 43.4. The second kappa shape index (κ2) is 17.1. The molecule has 386 valence electrons. The third kappa shape index (κ3) is 8.62. The van der Waals surface area contributed by atoms with E-state index in [4.69, 9.17) is 0 Å². The highest BCUT2D eigenvalue weighted by molar-refractivity contribution is 6.89. The fraction of sp³-hybridized carbons (Fsp3) is 0.167. The summed E-state index contributed by atoms with van der Waals surface area (Å²) in [5.41, 5.74) is 0.810. The van der Waals surface area contributed by atoms with Crippen molar-refractivity contribution in [1.82, 2.24) is 9.13 Å². The van der Waals surface area contributed by atoms with Crippen molar-refractivity contribution in [2.45, 2.75) is 64.0 Å². The number of hydrogen-bond acceptors (Lipinski definition) is 0. The molecule has 0 bridgehead atoms. The summed E-state index contributed by atoms with van der Waals surface area (Å²) in [6, 6.07) is 39.6. The van der Waals surface area contributed by atoms with Crippen LogP contribution in [0.4, 0.5) is 52.7 Å². The lowest BCUT2D eigenvalue weighted by Crippen LogP contribution is -2.37. The molecule has 0 aliphatic heterocycles. The molecule has 0 atom stereocenters. The van der Waals surface area contributed by atoms with Crippen LogP contribution in [0.2, 0.25) is 39.3 Å². The van der Waals surface area contributed by atoms with Gasteiger partial charge in [0.1, 0.15) is 0 Å². The summed E-state index contributed by atoms with van der Waals surface area (Å²) in [6.45, 7) is 13.3. The van der Waals surface area contributed by atoms with Crippen molar-refractivity contribution in [3.05, 3.63) is 180 Å². The molecule has 0 saturated carbocycles. The molecular weight excluding hydrogens is 1030 g/mol. The Morgan fingerprint density at radius 3 is 0.776 bits per heavy atom. The first-order chi connectivity index (χ1) is 35.5. The van der Waals surface area contributed by atoms with E-state index in [2.05, 4.69) is 63.5 Å². The summed E-state index contributed by atoms with van der Waals surface area (Å²) in [4.78, 5) is 0. The van der Waals surface area contributed by atoms with Crippen LogP contribution in [0.5, 0.6) is 0 Å². The Morgan fingerprint density at radius 1 is 0.276 bits per heavy atom. The molecule has 11 aromatic rings. The predicted molar refractivity (Wildman–Crippen MR) is 287 cm³/mol. The van der Waals surface area contributed by atoms with Crippen molar-refractivity contribution in [2.24, 2.45) is 0 Å². The highest BCUT2D eigenvalue weighted by atomic mass is 28.3. The third-order valence-corrected chi connectivity index (χ3v) is 18.6. The average Bonchev–Trinajstić information content (AvgIpc) is 3.99. The first-order valence-electron chi connectivity index (χ1n) is 24.2. The van der Waals surface area contributed by atoms with E-state index < -0.39 is 63.1 Å². The molecule has 11 rings (SSSR count). The second-order valence-electron chi connectivity index (χ2n) is 21.5. The van der Waals surface area contributed by atoms with Crippen LogP contribution < -0.4 is 10.4 Å². The molecule has 16 heteroatoms. The van der Waals surface area contributed by atoms with Gasteiger partial charge in [-0.2, -0.15) is 52.7 Å². The molecule has 0 saturated heterocycles. The highest BCUT2D eigenvalue weighted by Crippen LogP contribution is 2.48. The summed E-state index contributed by atoms with van der Waals surface area (Å²) in [7, 11) is -3.69. The lowest BCUT2D eigenvalue weighted by molar-refractivity contribution is -0.138. The molecule has 2 nitrogen and oxygen atoms in total. The molecule has 9 aromatic carbocycles. The van der Waals surface area contributed by atoms with E-state index in [0.717, 1.165) is 70.8 Å². The van der Waals surface area contributed by atoms with Gasteiger partial charge in [0, 0.05) is 32.9 Å². The van der Waals surface area contributed by atoms with Crippen molar-refractivity contribution >= 4 is 91.7 Å². The lowest BCUT2D eigenvalue weighted by atomic mass is 9.85. The molecule has 0 unspecified atom stereocenters. The molecule has 0 fully saturated rings. The summed E-state index contributed by atoms with van der Waals surface area (Å²) in [6.07, 6.45) is -19.1. The third-order valence-electron chi connectivity index (χ3n) is 14.5. The normalized spacial score (nSPS) is 13.4. The quantitative estimate of drug-likeness (QED) is 0.0892. The van der Waals surface area contributed by atoms with Crippen LogP contribution >= 0.6 is 0 Å². The fourth-order valence-electron chi connectivity index (χ4n) is 10.7. The van der Waals surface area contributed by atoms with Crippen molar-refractivity contribution in [2.75, 3.05) is 0 Å². The maximum absolute atomic E-state index is 14.3. The average molecular weight is 1080 g/mol. The Morgan fingerprint density at radius 2 is 0.539 bits per heavy atom. The largest absolute Gasteiger partial charge is 0.416 e. The smallest absolute Gasteiger partial charge is 0.309 e. The maximum Gasteiger partial charge on any atom is 0.416 e. The Labute approximate surface area is 429 Å². The van der Waals surface area contributed by atoms with Crippen molar-refractivity contribution in [3.8, 4) is 33.6 Å². The Hall–Kier alpha value is -7.31. The molecule has 0 aliphatic carbocycles. The van der Waals surface area contributed by atoms with E-state index in [1.165, 1.54) is 34.6 Å². The summed E-state index contributed by atoms with van der Waals surface area (Å²) < 4.78 is 174. The molecule has 0 N–H and O–H groups in total. The van der Waals surface area contributed by atoms with Gasteiger partial charge in [0.2, 0.25) is 0 Å². The lowest BCUT2D eigenvalue weighted by Gasteiger charge is -2.22. The number of aromatic nitrogens is 2. The molecule has 0 aliphatic rings.